The van der Waals surface area contributed by atoms with Gasteiger partial charge in [-0.25, -0.2) is 9.59 Å². The summed E-state index contributed by atoms with van der Waals surface area (Å²) in [6.45, 7) is 0. The molecule has 0 radical (unpaired) electrons. The molecule has 0 saturated heterocycles. The highest BCUT2D eigenvalue weighted by Gasteiger charge is 2.17. The van der Waals surface area contributed by atoms with E-state index in [0.717, 1.165) is 11.5 Å². The van der Waals surface area contributed by atoms with Gasteiger partial charge in [0.15, 0.2) is 0 Å². The molecular formula is C16H10O5. The Balaban J connectivity index is 2.21. The van der Waals surface area contributed by atoms with E-state index in [9.17, 15) is 14.7 Å². The van der Waals surface area contributed by atoms with Crippen LogP contribution in [-0.2, 0) is 0 Å². The van der Waals surface area contributed by atoms with Crippen molar-refractivity contribution < 1.29 is 24.2 Å². The first kappa shape index (κ1) is 12.9. The van der Waals surface area contributed by atoms with Crippen LogP contribution in [0.25, 0.3) is 22.3 Å². The molecule has 0 amide bonds. The number of furan rings is 1. The van der Waals surface area contributed by atoms with E-state index in [-0.39, 0.29) is 11.1 Å². The second-order valence-corrected chi connectivity index (χ2v) is 4.52. The van der Waals surface area contributed by atoms with Gasteiger partial charge in [-0.2, -0.15) is 0 Å². The fourth-order valence-corrected chi connectivity index (χ4v) is 2.18. The number of aromatic carboxylic acids is 2. The van der Waals surface area contributed by atoms with Gasteiger partial charge in [0.1, 0.15) is 11.3 Å². The van der Waals surface area contributed by atoms with Crippen LogP contribution in [0.1, 0.15) is 20.7 Å². The van der Waals surface area contributed by atoms with E-state index in [1.54, 1.807) is 12.1 Å². The van der Waals surface area contributed by atoms with Gasteiger partial charge in [0.2, 0.25) is 0 Å². The quantitative estimate of drug-likeness (QED) is 0.767. The van der Waals surface area contributed by atoms with Gasteiger partial charge < -0.3 is 14.6 Å². The number of carboxylic acid groups (broad SMARTS) is 2. The van der Waals surface area contributed by atoms with E-state index in [4.69, 9.17) is 9.52 Å². The first-order chi connectivity index (χ1) is 10.1. The summed E-state index contributed by atoms with van der Waals surface area (Å²) in [7, 11) is 0. The monoisotopic (exact) mass is 282 g/mol. The summed E-state index contributed by atoms with van der Waals surface area (Å²) in [6.07, 6.45) is 0. The van der Waals surface area contributed by atoms with Gasteiger partial charge in [-0.15, -0.1) is 0 Å². The molecule has 2 N–H and O–H groups in total. The number of carboxylic acids is 2. The fourth-order valence-electron chi connectivity index (χ4n) is 2.18. The molecule has 0 fully saturated rings. The maximum atomic E-state index is 11.4. The Morgan fingerprint density at radius 3 is 2.33 bits per heavy atom. The summed E-state index contributed by atoms with van der Waals surface area (Å²) in [5.41, 5.74) is 0.816. The fraction of sp³-hybridized carbons (Fsp3) is 0. The second-order valence-electron chi connectivity index (χ2n) is 4.52. The Morgan fingerprint density at radius 2 is 1.67 bits per heavy atom. The summed E-state index contributed by atoms with van der Waals surface area (Å²) in [4.78, 5) is 22.3. The van der Waals surface area contributed by atoms with Crippen LogP contribution >= 0.6 is 0 Å². The van der Waals surface area contributed by atoms with Crippen molar-refractivity contribution in [1.29, 1.82) is 0 Å². The summed E-state index contributed by atoms with van der Waals surface area (Å²) in [5.74, 6) is -1.98. The first-order valence-corrected chi connectivity index (χ1v) is 6.16. The average Bonchev–Trinajstić information content (AvgIpc) is 2.90. The smallest absolute Gasteiger partial charge is 0.336 e. The van der Waals surface area contributed by atoms with Crippen molar-refractivity contribution in [3.05, 3.63) is 59.7 Å². The van der Waals surface area contributed by atoms with Gasteiger partial charge in [-0.1, -0.05) is 18.2 Å². The number of benzene rings is 2. The predicted molar refractivity (Wildman–Crippen MR) is 75.6 cm³/mol. The second kappa shape index (κ2) is 4.79. The average molecular weight is 282 g/mol. The van der Waals surface area contributed by atoms with Crippen molar-refractivity contribution in [3.63, 3.8) is 0 Å². The lowest BCUT2D eigenvalue weighted by Crippen LogP contribution is -2.04. The van der Waals surface area contributed by atoms with Crippen molar-refractivity contribution >= 4 is 22.9 Å². The standard InChI is InChI=1S/C16H10O5/c17-15(18)10-5-6-11(12(7-10)16(19)20)14-8-9-3-1-2-4-13(9)21-14/h1-8H,(H,17,18)(H,19,20). The summed E-state index contributed by atoms with van der Waals surface area (Å²) < 4.78 is 5.63. The molecule has 1 heterocycles. The molecule has 0 unspecified atom stereocenters. The maximum Gasteiger partial charge on any atom is 0.336 e. The Morgan fingerprint density at radius 1 is 0.905 bits per heavy atom. The van der Waals surface area contributed by atoms with Crippen molar-refractivity contribution in [3.8, 4) is 11.3 Å². The van der Waals surface area contributed by atoms with Crippen molar-refractivity contribution in [2.24, 2.45) is 0 Å². The zero-order valence-corrected chi connectivity index (χ0v) is 10.7. The van der Waals surface area contributed by atoms with E-state index >= 15 is 0 Å². The van der Waals surface area contributed by atoms with Crippen LogP contribution in [0.4, 0.5) is 0 Å². The highest BCUT2D eigenvalue weighted by Crippen LogP contribution is 2.30. The maximum absolute atomic E-state index is 11.4. The molecule has 104 valence electrons. The molecule has 21 heavy (non-hydrogen) atoms. The molecule has 1 aromatic heterocycles. The SMILES string of the molecule is O=C(O)c1ccc(-c2cc3ccccc3o2)c(C(=O)O)c1. The van der Waals surface area contributed by atoms with Crippen LogP contribution in [0.3, 0.4) is 0 Å². The number of carbonyl (C=O) groups is 2. The molecule has 3 aromatic rings. The lowest BCUT2D eigenvalue weighted by Gasteiger charge is -2.04. The molecule has 0 bridgehead atoms. The minimum absolute atomic E-state index is 0.0766. The molecule has 0 saturated carbocycles. The third kappa shape index (κ3) is 2.25. The molecule has 3 rings (SSSR count). The Labute approximate surface area is 119 Å². The molecule has 0 aliphatic heterocycles. The van der Waals surface area contributed by atoms with Gasteiger partial charge in [0.05, 0.1) is 11.1 Å². The van der Waals surface area contributed by atoms with Crippen LogP contribution < -0.4 is 0 Å². The number of hydrogen-bond acceptors (Lipinski definition) is 3. The van der Waals surface area contributed by atoms with Gasteiger partial charge in [-0.05, 0) is 30.3 Å². The highest BCUT2D eigenvalue weighted by molar-refractivity contribution is 6.00. The topological polar surface area (TPSA) is 87.7 Å². The molecule has 0 spiro atoms. The predicted octanol–water partition coefficient (Wildman–Crippen LogP) is 3.50. The number of hydrogen-bond donors (Lipinski definition) is 2. The van der Waals surface area contributed by atoms with Crippen LogP contribution in [0.5, 0.6) is 0 Å². The van der Waals surface area contributed by atoms with Crippen molar-refractivity contribution in [1.82, 2.24) is 0 Å². The first-order valence-electron chi connectivity index (χ1n) is 6.16. The number of fused-ring (bicyclic) bond motifs is 1. The summed E-state index contributed by atoms with van der Waals surface area (Å²) in [6, 6.07) is 13.0. The zero-order valence-electron chi connectivity index (χ0n) is 10.7. The van der Waals surface area contributed by atoms with Gasteiger partial charge in [-0.3, -0.25) is 0 Å². The largest absolute Gasteiger partial charge is 0.478 e. The lowest BCUT2D eigenvalue weighted by molar-refractivity contribution is 0.0696. The highest BCUT2D eigenvalue weighted by atomic mass is 16.4. The van der Waals surface area contributed by atoms with Crippen LogP contribution in [0.15, 0.2) is 52.9 Å². The summed E-state index contributed by atoms with van der Waals surface area (Å²) >= 11 is 0. The third-order valence-electron chi connectivity index (χ3n) is 3.19. The van der Waals surface area contributed by atoms with Gasteiger partial charge in [0.25, 0.3) is 0 Å². The van der Waals surface area contributed by atoms with E-state index in [1.165, 1.54) is 12.1 Å². The molecule has 0 aliphatic carbocycles. The molecule has 0 aliphatic rings. The lowest BCUT2D eigenvalue weighted by atomic mass is 10.0. The van der Waals surface area contributed by atoms with Crippen molar-refractivity contribution in [2.45, 2.75) is 0 Å². The van der Waals surface area contributed by atoms with Crippen LogP contribution in [0, 0.1) is 0 Å². The Bertz CT molecular complexity index is 827. The van der Waals surface area contributed by atoms with Crippen LogP contribution in [-0.4, -0.2) is 22.2 Å². The molecule has 5 nitrogen and oxygen atoms in total. The minimum atomic E-state index is -1.20. The van der Waals surface area contributed by atoms with E-state index < -0.39 is 11.9 Å². The van der Waals surface area contributed by atoms with E-state index in [0.29, 0.717) is 16.9 Å². The molecule has 0 atom stereocenters. The Kier molecular flexibility index (Phi) is 2.95. The van der Waals surface area contributed by atoms with E-state index in [2.05, 4.69) is 0 Å². The third-order valence-corrected chi connectivity index (χ3v) is 3.19. The minimum Gasteiger partial charge on any atom is -0.478 e. The molecular weight excluding hydrogens is 272 g/mol. The Hall–Kier alpha value is -3.08. The molecule has 2 aromatic carbocycles. The zero-order chi connectivity index (χ0) is 15.0. The van der Waals surface area contributed by atoms with Gasteiger partial charge in [0, 0.05) is 10.9 Å². The normalized spacial score (nSPS) is 10.7. The molecule has 5 heteroatoms. The number of para-hydroxylation sites is 1. The van der Waals surface area contributed by atoms with Gasteiger partial charge >= 0.3 is 11.9 Å². The van der Waals surface area contributed by atoms with Crippen LogP contribution in [0.2, 0.25) is 0 Å². The summed E-state index contributed by atoms with van der Waals surface area (Å²) in [5, 5.41) is 19.1. The van der Waals surface area contributed by atoms with Crippen molar-refractivity contribution in [2.75, 3.05) is 0 Å². The van der Waals surface area contributed by atoms with E-state index in [1.807, 2.05) is 18.2 Å². The number of rotatable bonds is 3.